The average molecular weight is 410 g/mol. The van der Waals surface area contributed by atoms with Crippen molar-refractivity contribution in [1.29, 1.82) is 0 Å². The van der Waals surface area contributed by atoms with Crippen molar-refractivity contribution >= 4 is 21.2 Å². The molecular weight excluding hydrogens is 393 g/mol. The Morgan fingerprint density at radius 1 is 1.04 bits per heavy atom. The first-order valence-electron chi connectivity index (χ1n) is 7.62. The van der Waals surface area contributed by atoms with Crippen LogP contribution in [0, 0.1) is 0 Å². The van der Waals surface area contributed by atoms with E-state index in [9.17, 15) is 20.1 Å². The summed E-state index contributed by atoms with van der Waals surface area (Å²) in [7, 11) is -3.21. The van der Waals surface area contributed by atoms with Crippen molar-refractivity contribution in [1.82, 2.24) is 29.4 Å². The van der Waals surface area contributed by atoms with Crippen LogP contribution in [0.3, 0.4) is 0 Å². The van der Waals surface area contributed by atoms with Crippen LogP contribution in [0.1, 0.15) is 5.82 Å². The molecule has 1 aromatic heterocycles. The van der Waals surface area contributed by atoms with Crippen LogP contribution in [-0.2, 0) is 16.6 Å². The molecule has 0 unspecified atom stereocenters. The first kappa shape index (κ1) is 19.1. The first-order chi connectivity index (χ1) is 12.1. The minimum Gasteiger partial charge on any atom is -0.293 e. The molecular formula is C13H17F3N6O2S2. The van der Waals surface area contributed by atoms with Gasteiger partial charge in [0.2, 0.25) is 21.2 Å². The molecule has 2 heterocycles. The van der Waals surface area contributed by atoms with Crippen molar-refractivity contribution in [2.45, 2.75) is 11.4 Å². The maximum Gasteiger partial charge on any atom is 0.237 e. The molecule has 0 saturated carbocycles. The lowest BCUT2D eigenvalue weighted by Gasteiger charge is -2.32. The zero-order valence-electron chi connectivity index (χ0n) is 13.8. The van der Waals surface area contributed by atoms with E-state index < -0.39 is 26.1 Å². The molecule has 1 fully saturated rings. The maximum absolute atomic E-state index is 12.7. The second-order valence-electron chi connectivity index (χ2n) is 5.85. The highest BCUT2D eigenvalue weighted by Crippen LogP contribution is 2.60. The first-order valence-corrected chi connectivity index (χ1v) is 10.8. The fourth-order valence-corrected chi connectivity index (χ4v) is 3.94. The van der Waals surface area contributed by atoms with E-state index in [1.54, 1.807) is 0 Å². The van der Waals surface area contributed by atoms with Crippen LogP contribution < -0.4 is 0 Å². The number of benzene rings is 1. The van der Waals surface area contributed by atoms with Gasteiger partial charge in [-0.05, 0) is 34.7 Å². The Bertz CT molecular complexity index is 861. The second kappa shape index (κ2) is 7.13. The van der Waals surface area contributed by atoms with Gasteiger partial charge in [0.15, 0.2) is 5.82 Å². The Labute approximate surface area is 150 Å². The van der Waals surface area contributed by atoms with Gasteiger partial charge in [-0.1, -0.05) is 0 Å². The molecule has 2 aromatic rings. The summed E-state index contributed by atoms with van der Waals surface area (Å²) in [4.78, 5) is 1.34. The SMILES string of the molecule is CS(=O)(=O)N1CCN(Cc2nnnn2-c2ccc(S(F)(F)F)cc2)CC1. The van der Waals surface area contributed by atoms with Gasteiger partial charge in [0, 0.05) is 26.2 Å². The van der Waals surface area contributed by atoms with Crippen molar-refractivity contribution in [2.75, 3.05) is 32.4 Å². The fourth-order valence-electron chi connectivity index (χ4n) is 2.67. The van der Waals surface area contributed by atoms with Gasteiger partial charge in [-0.3, -0.25) is 4.90 Å². The number of aromatic nitrogens is 4. The average Bonchev–Trinajstić information content (AvgIpc) is 3.02. The quantitative estimate of drug-likeness (QED) is 0.744. The van der Waals surface area contributed by atoms with E-state index in [-0.39, 0.29) is 0 Å². The van der Waals surface area contributed by atoms with Crippen LogP contribution in [0.2, 0.25) is 0 Å². The molecule has 3 rings (SSSR count). The highest BCUT2D eigenvalue weighted by molar-refractivity contribution is 8.20. The number of rotatable bonds is 5. The smallest absolute Gasteiger partial charge is 0.237 e. The van der Waals surface area contributed by atoms with Gasteiger partial charge in [0.1, 0.15) is 0 Å². The summed E-state index contributed by atoms with van der Waals surface area (Å²) in [5, 5.41) is 11.4. The van der Waals surface area contributed by atoms with Gasteiger partial charge in [-0.25, -0.2) is 8.42 Å². The van der Waals surface area contributed by atoms with Crippen LogP contribution in [-0.4, -0.2) is 70.3 Å². The van der Waals surface area contributed by atoms with E-state index in [0.717, 1.165) is 12.1 Å². The molecule has 1 aliphatic heterocycles. The standard InChI is InChI=1S/C13H17F3N6O2S2/c1-25(23,24)21-8-6-20(7-9-21)10-13-17-18-19-22(13)11-2-4-12(5-3-11)26(14,15)16/h2-5H,6-10H2,1H3. The minimum absolute atomic E-state index is 0.372. The van der Waals surface area contributed by atoms with Gasteiger partial charge in [0.25, 0.3) is 0 Å². The van der Waals surface area contributed by atoms with Gasteiger partial charge in [0.05, 0.1) is 23.4 Å². The Kier molecular flexibility index (Phi) is 5.23. The van der Waals surface area contributed by atoms with Crippen molar-refractivity contribution in [3.05, 3.63) is 30.1 Å². The van der Waals surface area contributed by atoms with Crippen molar-refractivity contribution in [2.24, 2.45) is 0 Å². The third-order valence-corrected chi connectivity index (χ3v) is 6.16. The lowest BCUT2D eigenvalue weighted by molar-refractivity contribution is 0.177. The third kappa shape index (κ3) is 4.34. The van der Waals surface area contributed by atoms with Crippen LogP contribution in [0.25, 0.3) is 5.69 Å². The molecule has 0 radical (unpaired) electrons. The Balaban J connectivity index is 1.70. The van der Waals surface area contributed by atoms with Gasteiger partial charge in [-0.15, -0.1) is 16.8 Å². The lowest BCUT2D eigenvalue weighted by Crippen LogP contribution is -2.48. The van der Waals surface area contributed by atoms with Gasteiger partial charge < -0.3 is 0 Å². The summed E-state index contributed by atoms with van der Waals surface area (Å²) in [5.41, 5.74) is 0.437. The van der Waals surface area contributed by atoms with Crippen molar-refractivity contribution < 1.29 is 20.1 Å². The minimum atomic E-state index is -5.26. The van der Waals surface area contributed by atoms with E-state index >= 15 is 0 Å². The zero-order chi connectivity index (χ0) is 18.9. The summed E-state index contributed by atoms with van der Waals surface area (Å²) < 4.78 is 64.1. The number of halogens is 3. The lowest BCUT2D eigenvalue weighted by atomic mass is 10.3. The molecule has 0 aliphatic carbocycles. The molecule has 0 atom stereocenters. The highest BCUT2D eigenvalue weighted by Gasteiger charge is 2.26. The fraction of sp³-hybridized carbons (Fsp3) is 0.462. The predicted molar refractivity (Wildman–Crippen MR) is 90.0 cm³/mol. The van der Waals surface area contributed by atoms with Gasteiger partial charge >= 0.3 is 0 Å². The predicted octanol–water partition coefficient (Wildman–Crippen LogP) is 1.56. The molecule has 26 heavy (non-hydrogen) atoms. The number of tetrazole rings is 1. The second-order valence-corrected chi connectivity index (χ2v) is 9.11. The number of sulfonamides is 1. The number of hydrogen-bond acceptors (Lipinski definition) is 6. The topological polar surface area (TPSA) is 84.2 Å². The molecule has 1 aliphatic rings. The van der Waals surface area contributed by atoms with E-state index in [2.05, 4.69) is 15.5 Å². The summed E-state index contributed by atoms with van der Waals surface area (Å²) in [6.07, 6.45) is 1.18. The summed E-state index contributed by atoms with van der Waals surface area (Å²) in [6.45, 7) is 2.18. The molecule has 8 nitrogen and oxygen atoms in total. The molecule has 0 N–H and O–H groups in total. The molecule has 0 bridgehead atoms. The molecule has 144 valence electrons. The molecule has 13 heteroatoms. The Hall–Kier alpha value is -1.70. The number of hydrogen-bond donors (Lipinski definition) is 0. The van der Waals surface area contributed by atoms with Crippen LogP contribution >= 0.6 is 11.2 Å². The van der Waals surface area contributed by atoms with Crippen molar-refractivity contribution in [3.8, 4) is 5.69 Å². The van der Waals surface area contributed by atoms with E-state index in [1.165, 1.54) is 27.4 Å². The maximum atomic E-state index is 12.7. The summed E-state index contributed by atoms with van der Waals surface area (Å²) in [6, 6.07) is 4.69. The zero-order valence-corrected chi connectivity index (χ0v) is 15.4. The number of nitrogens with zero attached hydrogens (tertiary/aromatic N) is 6. The monoisotopic (exact) mass is 410 g/mol. The van der Waals surface area contributed by atoms with Crippen LogP contribution in [0.4, 0.5) is 11.7 Å². The Morgan fingerprint density at radius 3 is 2.19 bits per heavy atom. The van der Waals surface area contributed by atoms with Crippen molar-refractivity contribution in [3.63, 3.8) is 0 Å². The Morgan fingerprint density at radius 2 is 1.65 bits per heavy atom. The van der Waals surface area contributed by atoms with Crippen LogP contribution in [0.15, 0.2) is 29.2 Å². The molecule has 0 spiro atoms. The molecule has 0 amide bonds. The largest absolute Gasteiger partial charge is 0.293 e. The van der Waals surface area contributed by atoms with Crippen LogP contribution in [0.5, 0.6) is 0 Å². The number of piperazine rings is 1. The molecule has 1 saturated heterocycles. The third-order valence-electron chi connectivity index (χ3n) is 4.05. The van der Waals surface area contributed by atoms with E-state index in [1.807, 2.05) is 4.90 Å². The molecule has 1 aromatic carbocycles. The van der Waals surface area contributed by atoms with E-state index in [0.29, 0.717) is 44.2 Å². The highest BCUT2D eigenvalue weighted by atomic mass is 32.3. The summed E-state index contributed by atoms with van der Waals surface area (Å²) >= 11 is -5.26. The normalized spacial score (nSPS) is 18.2. The van der Waals surface area contributed by atoms with E-state index in [4.69, 9.17) is 0 Å². The van der Waals surface area contributed by atoms with Gasteiger partial charge in [-0.2, -0.15) is 8.99 Å². The summed E-state index contributed by atoms with van der Waals surface area (Å²) in [5.74, 6) is 0.477.